The Bertz CT molecular complexity index is 1690. The van der Waals surface area contributed by atoms with E-state index < -0.39 is 6.04 Å². The predicted molar refractivity (Wildman–Crippen MR) is 147 cm³/mol. The lowest BCUT2D eigenvalue weighted by Gasteiger charge is -2.33. The molecule has 39 heavy (non-hydrogen) atoms. The highest BCUT2D eigenvalue weighted by molar-refractivity contribution is 5.80. The molecule has 0 amide bonds. The van der Waals surface area contributed by atoms with E-state index >= 15 is 0 Å². The maximum atomic E-state index is 13.5. The summed E-state index contributed by atoms with van der Waals surface area (Å²) in [6.07, 6.45) is 2.88. The van der Waals surface area contributed by atoms with Crippen molar-refractivity contribution in [2.24, 2.45) is 0 Å². The highest BCUT2D eigenvalue weighted by Crippen LogP contribution is 2.32. The summed E-state index contributed by atoms with van der Waals surface area (Å²) >= 11 is 0. The molecule has 9 heteroatoms. The van der Waals surface area contributed by atoms with Crippen LogP contribution in [-0.4, -0.2) is 50.3 Å². The summed E-state index contributed by atoms with van der Waals surface area (Å²) in [5.41, 5.74) is 4.26. The summed E-state index contributed by atoms with van der Waals surface area (Å²) in [6, 6.07) is 23.6. The van der Waals surface area contributed by atoms with Gasteiger partial charge in [0.05, 0.1) is 19.2 Å². The number of ether oxygens (including phenoxy) is 1. The Morgan fingerprint density at radius 2 is 1.87 bits per heavy atom. The molecule has 196 valence electrons. The van der Waals surface area contributed by atoms with E-state index in [1.54, 1.807) is 23.9 Å². The van der Waals surface area contributed by atoms with Crippen LogP contribution in [0.4, 0.5) is 4.39 Å². The molecule has 6 rings (SSSR count). The average molecular weight is 523 g/mol. The number of H-pyrrole nitrogens is 1. The molecule has 5 aromatic rings. The predicted octanol–water partition coefficient (Wildman–Crippen LogP) is 4.59. The van der Waals surface area contributed by atoms with E-state index in [4.69, 9.17) is 4.74 Å². The van der Waals surface area contributed by atoms with Gasteiger partial charge >= 0.3 is 0 Å². The van der Waals surface area contributed by atoms with E-state index in [1.165, 1.54) is 12.1 Å². The first kappa shape index (κ1) is 24.7. The number of aromatic nitrogens is 5. The zero-order valence-electron chi connectivity index (χ0n) is 21.4. The first-order valence-corrected chi connectivity index (χ1v) is 12.8. The van der Waals surface area contributed by atoms with Crippen LogP contribution < -0.4 is 10.3 Å². The minimum atomic E-state index is -0.481. The largest absolute Gasteiger partial charge is 0.497 e. The van der Waals surface area contributed by atoms with Gasteiger partial charge in [0.15, 0.2) is 5.82 Å². The molecule has 0 bridgehead atoms. The number of tetrazole rings is 1. The second-order valence-corrected chi connectivity index (χ2v) is 9.57. The lowest BCUT2D eigenvalue weighted by molar-refractivity contribution is 0.234. The van der Waals surface area contributed by atoms with Crippen LogP contribution in [0.15, 0.2) is 89.7 Å². The summed E-state index contributed by atoms with van der Waals surface area (Å²) in [4.78, 5) is 18.8. The van der Waals surface area contributed by atoms with Gasteiger partial charge in [-0.1, -0.05) is 48.5 Å². The molecule has 1 atom stereocenters. The van der Waals surface area contributed by atoms with Gasteiger partial charge in [-0.2, -0.15) is 0 Å². The number of hydrogen-bond acceptors (Lipinski definition) is 6. The SMILES string of the molecule is COc1ccc2cc([C@H](c3nnnn3Cc3ccccc3)N3CC=C(c4ccc(F)cc4)CC3)c(=O)[nH]c2c1. The fourth-order valence-electron chi connectivity index (χ4n) is 5.15. The van der Waals surface area contributed by atoms with Crippen LogP contribution in [0.2, 0.25) is 0 Å². The second-order valence-electron chi connectivity index (χ2n) is 9.57. The maximum Gasteiger partial charge on any atom is 0.253 e. The third kappa shape index (κ3) is 5.08. The normalized spacial score (nSPS) is 14.8. The Balaban J connectivity index is 1.41. The number of benzene rings is 3. The highest BCUT2D eigenvalue weighted by Gasteiger charge is 2.31. The Kier molecular flexibility index (Phi) is 6.73. The third-order valence-corrected chi connectivity index (χ3v) is 7.18. The Hall–Kier alpha value is -4.63. The standard InChI is InChI=1S/C30H27FN6O2/c1-39-25-12-9-23-17-26(30(38)32-27(23)18-25)28(29-33-34-35-37(29)19-20-5-3-2-4-6-20)36-15-13-22(14-16-36)21-7-10-24(31)11-8-21/h2-13,17-18,28H,14-16,19H2,1H3,(H,32,38)/t28-/m1/s1. The van der Waals surface area contributed by atoms with Crippen molar-refractivity contribution in [2.75, 3.05) is 20.2 Å². The molecule has 2 aromatic heterocycles. The summed E-state index contributed by atoms with van der Waals surface area (Å²) in [6.45, 7) is 1.73. The molecule has 0 unspecified atom stereocenters. The molecule has 0 radical (unpaired) electrons. The van der Waals surface area contributed by atoms with Crippen LogP contribution >= 0.6 is 0 Å². The van der Waals surface area contributed by atoms with Crippen molar-refractivity contribution in [2.45, 2.75) is 19.0 Å². The van der Waals surface area contributed by atoms with Crippen molar-refractivity contribution in [3.63, 3.8) is 0 Å². The Morgan fingerprint density at radius 1 is 1.05 bits per heavy atom. The number of methoxy groups -OCH3 is 1. The minimum absolute atomic E-state index is 0.205. The molecule has 1 aliphatic rings. The Morgan fingerprint density at radius 3 is 2.62 bits per heavy atom. The van der Waals surface area contributed by atoms with Crippen molar-refractivity contribution < 1.29 is 9.13 Å². The topological polar surface area (TPSA) is 88.9 Å². The molecule has 1 N–H and O–H groups in total. The molecular weight excluding hydrogens is 495 g/mol. The van der Waals surface area contributed by atoms with Crippen LogP contribution in [0.1, 0.15) is 35.0 Å². The average Bonchev–Trinajstić information content (AvgIpc) is 3.42. The number of halogens is 1. The van der Waals surface area contributed by atoms with Crippen LogP contribution in [0.25, 0.3) is 16.5 Å². The second kappa shape index (κ2) is 10.6. The molecule has 3 aromatic carbocycles. The van der Waals surface area contributed by atoms with Crippen LogP contribution in [0.3, 0.4) is 0 Å². The zero-order chi connectivity index (χ0) is 26.8. The molecule has 0 aliphatic carbocycles. The fourth-order valence-corrected chi connectivity index (χ4v) is 5.15. The number of fused-ring (bicyclic) bond motifs is 1. The molecule has 0 spiro atoms. The lowest BCUT2D eigenvalue weighted by Crippen LogP contribution is -2.38. The Labute approximate surface area is 224 Å². The summed E-state index contributed by atoms with van der Waals surface area (Å²) in [7, 11) is 1.60. The monoisotopic (exact) mass is 522 g/mol. The van der Waals surface area contributed by atoms with Gasteiger partial charge in [-0.25, -0.2) is 9.07 Å². The first-order chi connectivity index (χ1) is 19.1. The number of rotatable bonds is 7. The van der Waals surface area contributed by atoms with Crippen molar-refractivity contribution >= 4 is 16.5 Å². The van der Waals surface area contributed by atoms with Crippen molar-refractivity contribution in [3.05, 3.63) is 124 Å². The minimum Gasteiger partial charge on any atom is -0.497 e. The molecular formula is C30H27FN6O2. The molecule has 0 saturated heterocycles. The quantitative estimate of drug-likeness (QED) is 0.336. The smallest absolute Gasteiger partial charge is 0.253 e. The van der Waals surface area contributed by atoms with Gasteiger partial charge in [0.2, 0.25) is 0 Å². The van der Waals surface area contributed by atoms with E-state index in [1.807, 2.05) is 54.6 Å². The summed E-state index contributed by atoms with van der Waals surface area (Å²) < 4.78 is 20.6. The molecule has 3 heterocycles. The summed E-state index contributed by atoms with van der Waals surface area (Å²) in [5, 5.41) is 13.6. The number of nitrogens with zero attached hydrogens (tertiary/aromatic N) is 5. The highest BCUT2D eigenvalue weighted by atomic mass is 19.1. The van der Waals surface area contributed by atoms with Gasteiger partial charge in [-0.15, -0.1) is 5.10 Å². The van der Waals surface area contributed by atoms with Crippen molar-refractivity contribution in [1.29, 1.82) is 0 Å². The molecule has 0 saturated carbocycles. The van der Waals surface area contributed by atoms with Crippen molar-refractivity contribution in [1.82, 2.24) is 30.1 Å². The van der Waals surface area contributed by atoms with Gasteiger partial charge in [0, 0.05) is 24.7 Å². The zero-order valence-corrected chi connectivity index (χ0v) is 21.4. The number of hydrogen-bond donors (Lipinski definition) is 1. The van der Waals surface area contributed by atoms with E-state index in [9.17, 15) is 9.18 Å². The van der Waals surface area contributed by atoms with Crippen LogP contribution in [0.5, 0.6) is 5.75 Å². The van der Waals surface area contributed by atoms with Gasteiger partial charge in [-0.3, -0.25) is 9.69 Å². The number of aromatic amines is 1. The third-order valence-electron chi connectivity index (χ3n) is 7.18. The first-order valence-electron chi connectivity index (χ1n) is 12.8. The molecule has 1 aliphatic heterocycles. The number of nitrogens with one attached hydrogen (secondary N) is 1. The summed E-state index contributed by atoms with van der Waals surface area (Å²) in [5.74, 6) is 1.01. The molecule has 8 nitrogen and oxygen atoms in total. The van der Waals surface area contributed by atoms with Gasteiger partial charge < -0.3 is 9.72 Å². The van der Waals surface area contributed by atoms with Crippen LogP contribution in [0, 0.1) is 5.82 Å². The van der Waals surface area contributed by atoms with Gasteiger partial charge in [-0.05, 0) is 69.3 Å². The van der Waals surface area contributed by atoms with E-state index in [2.05, 4.69) is 31.5 Å². The molecule has 0 fully saturated rings. The van der Waals surface area contributed by atoms with Crippen molar-refractivity contribution in [3.8, 4) is 5.75 Å². The lowest BCUT2D eigenvalue weighted by atomic mass is 9.96. The maximum absolute atomic E-state index is 13.5. The van der Waals surface area contributed by atoms with E-state index in [0.717, 1.165) is 28.5 Å². The van der Waals surface area contributed by atoms with E-state index in [0.29, 0.717) is 42.3 Å². The van der Waals surface area contributed by atoms with E-state index in [-0.39, 0.29) is 11.4 Å². The number of pyridine rings is 1. The van der Waals surface area contributed by atoms with Crippen LogP contribution in [-0.2, 0) is 6.54 Å². The van der Waals surface area contributed by atoms with Gasteiger partial charge in [0.1, 0.15) is 17.6 Å². The fraction of sp³-hybridized carbons (Fsp3) is 0.200. The van der Waals surface area contributed by atoms with Gasteiger partial charge in [0.25, 0.3) is 5.56 Å².